The third kappa shape index (κ3) is 2.12. The maximum atomic E-state index is 11.1. The molecule has 0 amide bonds. The highest BCUT2D eigenvalue weighted by Gasteiger charge is 2.17. The standard InChI is InChI=1S/C14H15N3O2/c1-9-6-10(14(18)19)7-13(16-9)17-8-15-11-4-2-3-5-12(11)17/h6-8H,2-5H2,1H3,(H,18,19). The molecule has 0 unspecified atom stereocenters. The Balaban J connectivity index is 2.11. The second-order valence-electron chi connectivity index (χ2n) is 4.88. The predicted octanol–water partition coefficient (Wildman–Crippen LogP) is 2.15. The Morgan fingerprint density at radius 3 is 2.89 bits per heavy atom. The van der Waals surface area contributed by atoms with Crippen LogP contribution in [0, 0.1) is 6.92 Å². The smallest absolute Gasteiger partial charge is 0.335 e. The SMILES string of the molecule is Cc1cc(C(=O)O)cc(-n2cnc3c2CCCC3)n1. The fraction of sp³-hybridized carbons (Fsp3) is 0.357. The topological polar surface area (TPSA) is 68.0 Å². The van der Waals surface area contributed by atoms with E-state index in [1.807, 2.05) is 4.57 Å². The van der Waals surface area contributed by atoms with Crippen LogP contribution < -0.4 is 0 Å². The number of carbonyl (C=O) groups is 1. The quantitative estimate of drug-likeness (QED) is 0.895. The van der Waals surface area contributed by atoms with Crippen molar-refractivity contribution in [1.82, 2.24) is 14.5 Å². The molecule has 1 aliphatic carbocycles. The second kappa shape index (κ2) is 4.50. The van der Waals surface area contributed by atoms with E-state index in [1.165, 1.54) is 12.1 Å². The van der Waals surface area contributed by atoms with Gasteiger partial charge in [0, 0.05) is 11.4 Å². The monoisotopic (exact) mass is 257 g/mol. The summed E-state index contributed by atoms with van der Waals surface area (Å²) in [6, 6.07) is 3.18. The van der Waals surface area contributed by atoms with Crippen LogP contribution in [0.3, 0.4) is 0 Å². The Morgan fingerprint density at radius 1 is 1.32 bits per heavy atom. The molecule has 3 rings (SSSR count). The van der Waals surface area contributed by atoms with Crippen molar-refractivity contribution in [2.24, 2.45) is 0 Å². The Labute approximate surface area is 110 Å². The van der Waals surface area contributed by atoms with Gasteiger partial charge in [0.05, 0.1) is 11.3 Å². The third-order valence-electron chi connectivity index (χ3n) is 3.46. The molecule has 0 aromatic carbocycles. The number of pyridine rings is 1. The third-order valence-corrected chi connectivity index (χ3v) is 3.46. The lowest BCUT2D eigenvalue weighted by Gasteiger charge is -2.14. The van der Waals surface area contributed by atoms with Crippen LogP contribution in [0.5, 0.6) is 0 Å². The Morgan fingerprint density at radius 2 is 2.11 bits per heavy atom. The van der Waals surface area contributed by atoms with Crippen molar-refractivity contribution in [2.45, 2.75) is 32.6 Å². The van der Waals surface area contributed by atoms with Gasteiger partial charge in [-0.15, -0.1) is 0 Å². The van der Waals surface area contributed by atoms with Crippen molar-refractivity contribution in [3.63, 3.8) is 0 Å². The summed E-state index contributed by atoms with van der Waals surface area (Å²) in [5.74, 6) is -0.284. The molecule has 1 N–H and O–H groups in total. The van der Waals surface area contributed by atoms with Crippen LogP contribution in [0.25, 0.3) is 5.82 Å². The molecule has 0 aliphatic heterocycles. The van der Waals surface area contributed by atoms with Crippen molar-refractivity contribution in [2.75, 3.05) is 0 Å². The van der Waals surface area contributed by atoms with Gasteiger partial charge in [-0.1, -0.05) is 0 Å². The summed E-state index contributed by atoms with van der Waals surface area (Å²) in [7, 11) is 0. The van der Waals surface area contributed by atoms with Crippen molar-refractivity contribution in [1.29, 1.82) is 0 Å². The highest BCUT2D eigenvalue weighted by molar-refractivity contribution is 5.88. The number of aryl methyl sites for hydroxylation is 2. The molecule has 2 aromatic heterocycles. The number of fused-ring (bicyclic) bond motifs is 1. The van der Waals surface area contributed by atoms with Gasteiger partial charge < -0.3 is 5.11 Å². The van der Waals surface area contributed by atoms with Crippen LogP contribution >= 0.6 is 0 Å². The molecule has 0 bridgehead atoms. The molecule has 1 aliphatic rings. The van der Waals surface area contributed by atoms with Crippen LogP contribution in [0.4, 0.5) is 0 Å². The number of hydrogen-bond donors (Lipinski definition) is 1. The van der Waals surface area contributed by atoms with Gasteiger partial charge in [0.2, 0.25) is 0 Å². The number of aromatic nitrogens is 3. The number of nitrogens with zero attached hydrogens (tertiary/aromatic N) is 3. The van der Waals surface area contributed by atoms with Gasteiger partial charge in [0.25, 0.3) is 0 Å². The zero-order valence-corrected chi connectivity index (χ0v) is 10.8. The molecule has 2 heterocycles. The Kier molecular flexibility index (Phi) is 2.81. The summed E-state index contributed by atoms with van der Waals surface area (Å²) >= 11 is 0. The Hall–Kier alpha value is -2.17. The number of rotatable bonds is 2. The minimum absolute atomic E-state index is 0.265. The van der Waals surface area contributed by atoms with E-state index < -0.39 is 5.97 Å². The maximum Gasteiger partial charge on any atom is 0.335 e. The fourth-order valence-corrected chi connectivity index (χ4v) is 2.56. The van der Waals surface area contributed by atoms with Gasteiger partial charge in [-0.3, -0.25) is 4.57 Å². The average Bonchev–Trinajstić information content (AvgIpc) is 2.81. The average molecular weight is 257 g/mol. The minimum atomic E-state index is -0.930. The molecular formula is C14H15N3O2. The van der Waals surface area contributed by atoms with E-state index in [0.717, 1.165) is 25.0 Å². The zero-order chi connectivity index (χ0) is 13.4. The molecular weight excluding hydrogens is 242 g/mol. The van der Waals surface area contributed by atoms with Crippen LogP contribution in [0.2, 0.25) is 0 Å². The summed E-state index contributed by atoms with van der Waals surface area (Å²) in [6.07, 6.45) is 6.05. The Bertz CT molecular complexity index is 646. The van der Waals surface area contributed by atoms with Crippen molar-refractivity contribution < 1.29 is 9.90 Å². The number of carboxylic acids is 1. The lowest BCUT2D eigenvalue weighted by atomic mass is 10.0. The second-order valence-corrected chi connectivity index (χ2v) is 4.88. The predicted molar refractivity (Wildman–Crippen MR) is 69.7 cm³/mol. The molecule has 0 fully saturated rings. The normalized spacial score (nSPS) is 14.2. The van der Waals surface area contributed by atoms with Crippen molar-refractivity contribution in [3.05, 3.63) is 41.1 Å². The zero-order valence-electron chi connectivity index (χ0n) is 10.8. The number of carboxylic acid groups (broad SMARTS) is 1. The lowest BCUT2D eigenvalue weighted by molar-refractivity contribution is 0.0696. The molecule has 19 heavy (non-hydrogen) atoms. The highest BCUT2D eigenvalue weighted by Crippen LogP contribution is 2.23. The van der Waals surface area contributed by atoms with E-state index in [0.29, 0.717) is 11.5 Å². The maximum absolute atomic E-state index is 11.1. The largest absolute Gasteiger partial charge is 0.478 e. The summed E-state index contributed by atoms with van der Waals surface area (Å²) in [5, 5.41) is 9.12. The first-order valence-corrected chi connectivity index (χ1v) is 6.42. The highest BCUT2D eigenvalue weighted by atomic mass is 16.4. The molecule has 0 saturated carbocycles. The summed E-state index contributed by atoms with van der Waals surface area (Å²) in [4.78, 5) is 20.0. The molecule has 5 nitrogen and oxygen atoms in total. The molecule has 0 radical (unpaired) electrons. The van der Waals surface area contributed by atoms with E-state index in [1.54, 1.807) is 25.4 Å². The van der Waals surface area contributed by atoms with E-state index in [2.05, 4.69) is 9.97 Å². The number of imidazole rings is 1. The van der Waals surface area contributed by atoms with Crippen molar-refractivity contribution in [3.8, 4) is 5.82 Å². The van der Waals surface area contributed by atoms with Gasteiger partial charge in [-0.05, 0) is 44.7 Å². The summed E-state index contributed by atoms with van der Waals surface area (Å²) < 4.78 is 1.92. The first kappa shape index (κ1) is 11.9. The van der Waals surface area contributed by atoms with E-state index in [9.17, 15) is 4.79 Å². The van der Waals surface area contributed by atoms with Gasteiger partial charge in [-0.2, -0.15) is 0 Å². The van der Waals surface area contributed by atoms with Crippen LogP contribution in [0.15, 0.2) is 18.5 Å². The number of aromatic carboxylic acids is 1. The molecule has 0 atom stereocenters. The van der Waals surface area contributed by atoms with Gasteiger partial charge >= 0.3 is 5.97 Å². The fourth-order valence-electron chi connectivity index (χ4n) is 2.56. The van der Waals surface area contributed by atoms with Crippen LogP contribution in [-0.4, -0.2) is 25.6 Å². The number of hydrogen-bond acceptors (Lipinski definition) is 3. The molecule has 98 valence electrons. The van der Waals surface area contributed by atoms with Crippen molar-refractivity contribution >= 4 is 5.97 Å². The van der Waals surface area contributed by atoms with Gasteiger partial charge in [0.15, 0.2) is 0 Å². The van der Waals surface area contributed by atoms with E-state index >= 15 is 0 Å². The minimum Gasteiger partial charge on any atom is -0.478 e. The van der Waals surface area contributed by atoms with Crippen LogP contribution in [0.1, 0.15) is 40.3 Å². The molecule has 2 aromatic rings. The first-order chi connectivity index (χ1) is 9.15. The molecule has 0 saturated heterocycles. The molecule has 0 spiro atoms. The summed E-state index contributed by atoms with van der Waals surface area (Å²) in [5.41, 5.74) is 3.25. The van der Waals surface area contributed by atoms with Gasteiger partial charge in [-0.25, -0.2) is 14.8 Å². The first-order valence-electron chi connectivity index (χ1n) is 6.42. The molecule has 5 heteroatoms. The van der Waals surface area contributed by atoms with E-state index in [-0.39, 0.29) is 5.56 Å². The lowest BCUT2D eigenvalue weighted by Crippen LogP contribution is -2.09. The van der Waals surface area contributed by atoms with Crippen LogP contribution in [-0.2, 0) is 12.8 Å². The summed E-state index contributed by atoms with van der Waals surface area (Å²) in [6.45, 7) is 1.80. The van der Waals surface area contributed by atoms with E-state index in [4.69, 9.17) is 5.11 Å². The van der Waals surface area contributed by atoms with Gasteiger partial charge in [0.1, 0.15) is 12.1 Å².